The van der Waals surface area contributed by atoms with Gasteiger partial charge in [0.2, 0.25) is 0 Å². The number of para-hydroxylation sites is 1. The first kappa shape index (κ1) is 28.0. The fraction of sp³-hybridized carbons (Fsp3) is 0.556. The highest BCUT2D eigenvalue weighted by Crippen LogP contribution is 2.62. The Morgan fingerprint density at radius 3 is 2.40 bits per heavy atom. The minimum Gasteiger partial charge on any atom is -0.493 e. The molecule has 3 aromatic rings. The Hall–Kier alpha value is -2.80. The van der Waals surface area contributed by atoms with Gasteiger partial charge in [0.25, 0.3) is 0 Å². The van der Waals surface area contributed by atoms with Crippen LogP contribution in [0, 0.1) is 17.8 Å². The van der Waals surface area contributed by atoms with Gasteiger partial charge in [-0.1, -0.05) is 24.3 Å². The molecule has 3 aromatic carbocycles. The Kier molecular flexibility index (Phi) is 8.04. The number of rotatable bonds is 11. The summed E-state index contributed by atoms with van der Waals surface area (Å²) in [5.74, 6) is 4.51. The molecule has 5 aliphatic rings. The van der Waals surface area contributed by atoms with Gasteiger partial charge in [-0.05, 0) is 116 Å². The van der Waals surface area contributed by atoms with Crippen LogP contribution in [0.3, 0.4) is 0 Å². The SMILES string of the molecule is COC(C)OCOc1cc2ccc(N3CCOC(CCOc4ccccc4)C3)cc2cc1C12CC3CC(CC(C3)C1)C2. The second-order valence-electron chi connectivity index (χ2n) is 13.2. The lowest BCUT2D eigenvalue weighted by molar-refractivity contribution is -0.150. The fourth-order valence-electron chi connectivity index (χ4n) is 8.65. The minimum atomic E-state index is -0.293. The first-order chi connectivity index (χ1) is 20.6. The van der Waals surface area contributed by atoms with Gasteiger partial charge in [0.05, 0.1) is 19.3 Å². The lowest BCUT2D eigenvalue weighted by atomic mass is 9.48. The molecule has 0 radical (unpaired) electrons. The summed E-state index contributed by atoms with van der Waals surface area (Å²) < 4.78 is 29.5. The number of morpholine rings is 1. The van der Waals surface area contributed by atoms with Crippen LogP contribution in [0.1, 0.15) is 57.4 Å². The molecule has 4 bridgehead atoms. The van der Waals surface area contributed by atoms with Crippen LogP contribution in [0.2, 0.25) is 0 Å². The highest BCUT2D eigenvalue weighted by Gasteiger charge is 2.52. The molecular weight excluding hydrogens is 526 g/mol. The van der Waals surface area contributed by atoms with E-state index in [1.807, 2.05) is 37.3 Å². The van der Waals surface area contributed by atoms with Gasteiger partial charge in [-0.2, -0.15) is 0 Å². The topological polar surface area (TPSA) is 49.4 Å². The Labute approximate surface area is 250 Å². The van der Waals surface area contributed by atoms with Crippen molar-refractivity contribution in [3.8, 4) is 11.5 Å². The number of hydrogen-bond donors (Lipinski definition) is 0. The summed E-state index contributed by atoms with van der Waals surface area (Å²) in [6.07, 6.45) is 8.91. The number of fused-ring (bicyclic) bond motifs is 1. The van der Waals surface area contributed by atoms with Crippen molar-refractivity contribution in [2.24, 2.45) is 17.8 Å². The van der Waals surface area contributed by atoms with Gasteiger partial charge in [-0.25, -0.2) is 0 Å². The molecule has 42 heavy (non-hydrogen) atoms. The van der Waals surface area contributed by atoms with Crippen molar-refractivity contribution in [3.05, 3.63) is 66.2 Å². The van der Waals surface area contributed by atoms with Crippen LogP contribution in [-0.4, -0.2) is 52.6 Å². The maximum atomic E-state index is 6.40. The molecule has 4 saturated carbocycles. The average molecular weight is 572 g/mol. The van der Waals surface area contributed by atoms with Crippen LogP contribution in [0.15, 0.2) is 60.7 Å². The lowest BCUT2D eigenvalue weighted by Gasteiger charge is -2.57. The van der Waals surface area contributed by atoms with Crippen LogP contribution in [0.25, 0.3) is 10.8 Å². The molecule has 1 saturated heterocycles. The van der Waals surface area contributed by atoms with Gasteiger partial charge in [-0.15, -0.1) is 0 Å². The van der Waals surface area contributed by atoms with Gasteiger partial charge < -0.3 is 28.6 Å². The predicted octanol–water partition coefficient (Wildman–Crippen LogP) is 7.33. The van der Waals surface area contributed by atoms with E-state index in [4.69, 9.17) is 23.7 Å². The smallest absolute Gasteiger partial charge is 0.191 e. The molecule has 0 spiro atoms. The third kappa shape index (κ3) is 5.86. The van der Waals surface area contributed by atoms with Gasteiger partial charge in [0.1, 0.15) is 11.5 Å². The largest absolute Gasteiger partial charge is 0.493 e. The zero-order valence-electron chi connectivity index (χ0n) is 25.1. The zero-order valence-corrected chi connectivity index (χ0v) is 25.1. The molecule has 1 aliphatic heterocycles. The molecular formula is C36H45NO5. The maximum Gasteiger partial charge on any atom is 0.191 e. The molecule has 0 N–H and O–H groups in total. The third-order valence-electron chi connectivity index (χ3n) is 10.3. The van der Waals surface area contributed by atoms with Crippen LogP contribution < -0.4 is 14.4 Å². The van der Waals surface area contributed by atoms with E-state index >= 15 is 0 Å². The summed E-state index contributed by atoms with van der Waals surface area (Å²) in [6, 6.07) is 21.6. The third-order valence-corrected chi connectivity index (χ3v) is 10.3. The average Bonchev–Trinajstić information content (AvgIpc) is 3.00. The molecule has 2 unspecified atom stereocenters. The van der Waals surface area contributed by atoms with Crippen molar-refractivity contribution in [3.63, 3.8) is 0 Å². The molecule has 1 heterocycles. The highest BCUT2D eigenvalue weighted by molar-refractivity contribution is 5.88. The maximum absolute atomic E-state index is 6.40. The van der Waals surface area contributed by atoms with Crippen molar-refractivity contribution in [1.29, 1.82) is 0 Å². The van der Waals surface area contributed by atoms with Gasteiger partial charge >= 0.3 is 0 Å². The van der Waals surface area contributed by atoms with Crippen LogP contribution in [0.4, 0.5) is 5.69 Å². The van der Waals surface area contributed by atoms with Gasteiger partial charge in [-0.3, -0.25) is 0 Å². The van der Waals surface area contributed by atoms with Gasteiger partial charge in [0.15, 0.2) is 13.1 Å². The van der Waals surface area contributed by atoms with Crippen molar-refractivity contribution >= 4 is 16.5 Å². The van der Waals surface area contributed by atoms with Crippen molar-refractivity contribution in [1.82, 2.24) is 0 Å². The van der Waals surface area contributed by atoms with E-state index in [0.717, 1.165) is 55.4 Å². The summed E-state index contributed by atoms with van der Waals surface area (Å²) >= 11 is 0. The highest BCUT2D eigenvalue weighted by atomic mass is 16.7. The van der Waals surface area contributed by atoms with E-state index in [1.165, 1.54) is 60.5 Å². The van der Waals surface area contributed by atoms with Crippen molar-refractivity contribution < 1.29 is 23.7 Å². The second kappa shape index (κ2) is 12.1. The van der Waals surface area contributed by atoms with E-state index < -0.39 is 0 Å². The van der Waals surface area contributed by atoms with E-state index in [1.54, 1.807) is 7.11 Å². The van der Waals surface area contributed by atoms with Gasteiger partial charge in [0, 0.05) is 37.9 Å². The number of methoxy groups -OCH3 is 1. The summed E-state index contributed by atoms with van der Waals surface area (Å²) in [5, 5.41) is 2.51. The summed E-state index contributed by atoms with van der Waals surface area (Å²) in [6.45, 7) is 5.27. The number of ether oxygens (including phenoxy) is 5. The molecule has 2 atom stereocenters. The molecule has 0 amide bonds. The molecule has 0 aromatic heterocycles. The Bertz CT molecular complexity index is 1320. The number of hydrogen-bond acceptors (Lipinski definition) is 6. The fourth-order valence-corrected chi connectivity index (χ4v) is 8.65. The summed E-state index contributed by atoms with van der Waals surface area (Å²) in [5.41, 5.74) is 2.89. The van der Waals surface area contributed by atoms with E-state index in [0.29, 0.717) is 6.61 Å². The molecule has 224 valence electrons. The summed E-state index contributed by atoms with van der Waals surface area (Å²) in [7, 11) is 1.66. The Morgan fingerprint density at radius 1 is 0.905 bits per heavy atom. The quantitative estimate of drug-likeness (QED) is 0.225. The van der Waals surface area contributed by atoms with E-state index in [-0.39, 0.29) is 24.6 Å². The van der Waals surface area contributed by atoms with Crippen LogP contribution >= 0.6 is 0 Å². The Balaban J connectivity index is 1.12. The standard InChI is InChI=1S/C36H45NO5/c1-25(38-2)41-24-42-35-19-29-8-9-31(37-11-13-40-33(23-37)10-12-39-32-6-4-3-5-7-32)17-30(29)18-34(35)36-20-26-14-27(21-36)16-28(15-26)22-36/h3-9,17-19,25-28,33H,10-16,20-24H2,1-2H3. The van der Waals surface area contributed by atoms with Crippen LogP contribution in [-0.2, 0) is 19.6 Å². The lowest BCUT2D eigenvalue weighted by Crippen LogP contribution is -2.48. The van der Waals surface area contributed by atoms with E-state index in [9.17, 15) is 0 Å². The zero-order chi connectivity index (χ0) is 28.5. The summed E-state index contributed by atoms with van der Waals surface area (Å²) in [4.78, 5) is 2.48. The molecule has 6 nitrogen and oxygen atoms in total. The predicted molar refractivity (Wildman–Crippen MR) is 165 cm³/mol. The minimum absolute atomic E-state index is 0.158. The molecule has 4 aliphatic carbocycles. The second-order valence-corrected chi connectivity index (χ2v) is 13.2. The van der Waals surface area contributed by atoms with Crippen LogP contribution in [0.5, 0.6) is 11.5 Å². The first-order valence-electron chi connectivity index (χ1n) is 16.0. The normalized spacial score (nSPS) is 29.1. The number of benzene rings is 3. The first-order valence-corrected chi connectivity index (χ1v) is 16.0. The monoisotopic (exact) mass is 571 g/mol. The van der Waals surface area contributed by atoms with Crippen molar-refractivity contribution in [2.75, 3.05) is 45.1 Å². The number of nitrogens with zero attached hydrogens (tertiary/aromatic N) is 1. The molecule has 8 rings (SSSR count). The molecule has 6 heteroatoms. The molecule has 5 fully saturated rings. The Morgan fingerprint density at radius 2 is 1.67 bits per heavy atom. The van der Waals surface area contributed by atoms with E-state index in [2.05, 4.69) is 35.2 Å². The van der Waals surface area contributed by atoms with Crippen molar-refractivity contribution in [2.45, 2.75) is 69.7 Å². The number of anilines is 1.